The zero-order valence-electron chi connectivity index (χ0n) is 17.7. The third-order valence-electron chi connectivity index (χ3n) is 3.95. The fraction of sp³-hybridized carbons (Fsp3) is 0.955. The molecule has 0 heterocycles. The van der Waals surface area contributed by atoms with Crippen LogP contribution in [0.5, 0.6) is 0 Å². The number of rotatable bonds is 16. The standard InChI is InChI=1S/C19H38O2.C3H8O/c1-3-5-6-7-8-9-10-11-12-13-14-15-16-17-19(20)21-18-4-2;1-3(2)4/h3-18H2,1-2H3;3-4H,1-2H3. The quantitative estimate of drug-likeness (QED) is 0.243. The topological polar surface area (TPSA) is 46.5 Å². The van der Waals surface area contributed by atoms with Gasteiger partial charge in [0.05, 0.1) is 6.61 Å². The highest BCUT2D eigenvalue weighted by Crippen LogP contribution is 2.13. The zero-order chi connectivity index (χ0) is 19.2. The molecule has 0 amide bonds. The van der Waals surface area contributed by atoms with E-state index < -0.39 is 0 Å². The van der Waals surface area contributed by atoms with Crippen LogP contribution in [-0.4, -0.2) is 23.8 Å². The van der Waals surface area contributed by atoms with Gasteiger partial charge in [-0.2, -0.15) is 0 Å². The van der Waals surface area contributed by atoms with E-state index in [1.165, 1.54) is 77.0 Å². The van der Waals surface area contributed by atoms with Crippen LogP contribution >= 0.6 is 0 Å². The molecule has 0 aliphatic carbocycles. The molecule has 0 saturated heterocycles. The van der Waals surface area contributed by atoms with Crippen LogP contribution < -0.4 is 0 Å². The van der Waals surface area contributed by atoms with Crippen molar-refractivity contribution in [3.05, 3.63) is 0 Å². The summed E-state index contributed by atoms with van der Waals surface area (Å²) in [5, 5.41) is 8.06. The maximum Gasteiger partial charge on any atom is 0.305 e. The molecule has 25 heavy (non-hydrogen) atoms. The van der Waals surface area contributed by atoms with E-state index in [0.29, 0.717) is 13.0 Å². The zero-order valence-corrected chi connectivity index (χ0v) is 17.7. The number of hydrogen-bond donors (Lipinski definition) is 1. The Bertz CT molecular complexity index is 249. The SMILES string of the molecule is CC(C)O.CCCCCCCCCCCCCCCC(=O)OCCC. The van der Waals surface area contributed by atoms with Crippen molar-refractivity contribution in [2.45, 2.75) is 130 Å². The van der Waals surface area contributed by atoms with Gasteiger partial charge in [-0.25, -0.2) is 0 Å². The highest BCUT2D eigenvalue weighted by molar-refractivity contribution is 5.69. The van der Waals surface area contributed by atoms with Crippen LogP contribution in [0.3, 0.4) is 0 Å². The summed E-state index contributed by atoms with van der Waals surface area (Å²) in [4.78, 5) is 11.3. The Hall–Kier alpha value is -0.570. The molecule has 152 valence electrons. The minimum Gasteiger partial charge on any atom is -0.466 e. The molecular weight excluding hydrogens is 312 g/mol. The summed E-state index contributed by atoms with van der Waals surface area (Å²) in [5.74, 6) is -0.0140. The molecule has 3 nitrogen and oxygen atoms in total. The largest absolute Gasteiger partial charge is 0.466 e. The molecule has 0 atom stereocenters. The molecule has 0 bridgehead atoms. The van der Waals surface area contributed by atoms with Gasteiger partial charge in [-0.15, -0.1) is 0 Å². The lowest BCUT2D eigenvalue weighted by Gasteiger charge is -2.04. The predicted molar refractivity (Wildman–Crippen MR) is 109 cm³/mol. The summed E-state index contributed by atoms with van der Waals surface area (Å²) >= 11 is 0. The van der Waals surface area contributed by atoms with E-state index in [1.54, 1.807) is 13.8 Å². The minimum atomic E-state index is -0.167. The van der Waals surface area contributed by atoms with Crippen LogP contribution in [0.25, 0.3) is 0 Å². The Kier molecular flexibility index (Phi) is 25.0. The molecular formula is C22H46O3. The average molecular weight is 359 g/mol. The van der Waals surface area contributed by atoms with E-state index >= 15 is 0 Å². The molecule has 0 rings (SSSR count). The number of hydrogen-bond acceptors (Lipinski definition) is 3. The molecule has 0 unspecified atom stereocenters. The number of carbonyl (C=O) groups is 1. The van der Waals surface area contributed by atoms with Crippen molar-refractivity contribution >= 4 is 5.97 Å². The van der Waals surface area contributed by atoms with E-state index in [2.05, 4.69) is 6.92 Å². The Morgan fingerprint density at radius 2 is 1.08 bits per heavy atom. The number of aliphatic hydroxyl groups excluding tert-OH is 1. The van der Waals surface area contributed by atoms with Gasteiger partial charge in [-0.05, 0) is 26.7 Å². The number of unbranched alkanes of at least 4 members (excludes halogenated alkanes) is 12. The van der Waals surface area contributed by atoms with Gasteiger partial charge in [-0.1, -0.05) is 90.9 Å². The molecule has 0 saturated carbocycles. The van der Waals surface area contributed by atoms with Crippen molar-refractivity contribution in [2.75, 3.05) is 6.61 Å². The van der Waals surface area contributed by atoms with Crippen LogP contribution in [0, 0.1) is 0 Å². The molecule has 1 N–H and O–H groups in total. The maximum atomic E-state index is 11.3. The van der Waals surface area contributed by atoms with Gasteiger partial charge < -0.3 is 9.84 Å². The number of aliphatic hydroxyl groups is 1. The molecule has 3 heteroatoms. The normalized spacial score (nSPS) is 10.5. The summed E-state index contributed by atoms with van der Waals surface area (Å²) in [7, 11) is 0. The summed E-state index contributed by atoms with van der Waals surface area (Å²) in [6, 6.07) is 0. The number of ether oxygens (including phenoxy) is 1. The summed E-state index contributed by atoms with van der Waals surface area (Å²) in [6.07, 6.45) is 18.8. The second-order valence-electron chi connectivity index (χ2n) is 7.31. The van der Waals surface area contributed by atoms with Crippen LogP contribution in [0.15, 0.2) is 0 Å². The average Bonchev–Trinajstić information content (AvgIpc) is 2.56. The second-order valence-corrected chi connectivity index (χ2v) is 7.31. The summed E-state index contributed by atoms with van der Waals surface area (Å²) in [5.41, 5.74) is 0. The molecule has 0 aromatic carbocycles. The van der Waals surface area contributed by atoms with Gasteiger partial charge in [0.25, 0.3) is 0 Å². The highest BCUT2D eigenvalue weighted by Gasteiger charge is 2.01. The van der Waals surface area contributed by atoms with E-state index in [9.17, 15) is 4.79 Å². The summed E-state index contributed by atoms with van der Waals surface area (Å²) in [6.45, 7) is 8.32. The van der Waals surface area contributed by atoms with Gasteiger partial charge in [0.2, 0.25) is 0 Å². The lowest BCUT2D eigenvalue weighted by atomic mass is 10.0. The fourth-order valence-electron chi connectivity index (χ4n) is 2.58. The van der Waals surface area contributed by atoms with E-state index in [1.807, 2.05) is 6.92 Å². The lowest BCUT2D eigenvalue weighted by molar-refractivity contribution is -0.143. The first kappa shape index (κ1) is 26.7. The van der Waals surface area contributed by atoms with Gasteiger partial charge in [-0.3, -0.25) is 4.79 Å². The summed E-state index contributed by atoms with van der Waals surface area (Å²) < 4.78 is 5.06. The van der Waals surface area contributed by atoms with E-state index in [-0.39, 0.29) is 12.1 Å². The van der Waals surface area contributed by atoms with Crippen molar-refractivity contribution in [2.24, 2.45) is 0 Å². The number of esters is 1. The van der Waals surface area contributed by atoms with Crippen molar-refractivity contribution in [1.29, 1.82) is 0 Å². The van der Waals surface area contributed by atoms with Gasteiger partial charge in [0, 0.05) is 12.5 Å². The van der Waals surface area contributed by atoms with Crippen molar-refractivity contribution in [3.8, 4) is 0 Å². The number of carbonyl (C=O) groups excluding carboxylic acids is 1. The molecule has 0 fully saturated rings. The van der Waals surface area contributed by atoms with Crippen molar-refractivity contribution in [3.63, 3.8) is 0 Å². The predicted octanol–water partition coefficient (Wildman–Crippen LogP) is 6.81. The van der Waals surface area contributed by atoms with Crippen LogP contribution in [0.2, 0.25) is 0 Å². The monoisotopic (exact) mass is 358 g/mol. The van der Waals surface area contributed by atoms with E-state index in [4.69, 9.17) is 9.84 Å². The smallest absolute Gasteiger partial charge is 0.305 e. The van der Waals surface area contributed by atoms with Gasteiger partial charge in [0.15, 0.2) is 0 Å². The fourth-order valence-corrected chi connectivity index (χ4v) is 2.58. The third kappa shape index (κ3) is 31.7. The van der Waals surface area contributed by atoms with Crippen molar-refractivity contribution < 1.29 is 14.6 Å². The lowest BCUT2D eigenvalue weighted by Crippen LogP contribution is -2.04. The molecule has 0 aliphatic heterocycles. The maximum absolute atomic E-state index is 11.3. The van der Waals surface area contributed by atoms with Gasteiger partial charge >= 0.3 is 5.97 Å². The Morgan fingerprint density at radius 3 is 1.44 bits per heavy atom. The Labute approximate surface area is 157 Å². The molecule has 0 aliphatic rings. The van der Waals surface area contributed by atoms with Crippen molar-refractivity contribution in [1.82, 2.24) is 0 Å². The molecule has 0 radical (unpaired) electrons. The van der Waals surface area contributed by atoms with E-state index in [0.717, 1.165) is 12.8 Å². The first-order valence-electron chi connectivity index (χ1n) is 10.9. The first-order valence-corrected chi connectivity index (χ1v) is 10.9. The second kappa shape index (κ2) is 23.4. The highest BCUT2D eigenvalue weighted by atomic mass is 16.5. The van der Waals surface area contributed by atoms with Crippen LogP contribution in [0.4, 0.5) is 0 Å². The molecule has 0 aromatic heterocycles. The Balaban J connectivity index is 0. The first-order chi connectivity index (χ1) is 12.0. The molecule has 0 spiro atoms. The Morgan fingerprint density at radius 1 is 0.720 bits per heavy atom. The molecule has 0 aromatic rings. The van der Waals surface area contributed by atoms with Crippen LogP contribution in [0.1, 0.15) is 124 Å². The third-order valence-corrected chi connectivity index (χ3v) is 3.95. The van der Waals surface area contributed by atoms with Crippen LogP contribution in [-0.2, 0) is 9.53 Å². The minimum absolute atomic E-state index is 0.0140. The van der Waals surface area contributed by atoms with Gasteiger partial charge in [0.1, 0.15) is 0 Å².